The van der Waals surface area contributed by atoms with Crippen molar-refractivity contribution in [3.05, 3.63) is 58.4 Å². The molecule has 0 aromatic heterocycles. The Bertz CT molecular complexity index is 1030. The Morgan fingerprint density at radius 3 is 2.59 bits per heavy atom. The summed E-state index contributed by atoms with van der Waals surface area (Å²) >= 11 is 0. The van der Waals surface area contributed by atoms with Crippen molar-refractivity contribution < 1.29 is 18.7 Å². The highest BCUT2D eigenvalue weighted by Gasteiger charge is 2.26. The number of nitrogens with one attached hydrogen (secondary N) is 1. The number of rotatable bonds is 6. The van der Waals surface area contributed by atoms with Gasteiger partial charge in [-0.3, -0.25) is 14.5 Å². The molecule has 0 radical (unpaired) electrons. The van der Waals surface area contributed by atoms with E-state index in [-0.39, 0.29) is 17.3 Å². The summed E-state index contributed by atoms with van der Waals surface area (Å²) in [6, 6.07) is 8.55. The molecule has 1 unspecified atom stereocenters. The summed E-state index contributed by atoms with van der Waals surface area (Å²) in [7, 11) is 0. The zero-order chi connectivity index (χ0) is 22.8. The van der Waals surface area contributed by atoms with E-state index >= 15 is 0 Å². The van der Waals surface area contributed by atoms with Crippen LogP contribution in [0.3, 0.4) is 0 Å². The molecule has 2 aromatic carbocycles. The van der Waals surface area contributed by atoms with Gasteiger partial charge in [-0.15, -0.1) is 0 Å². The fraction of sp³-hybridized carbons (Fsp3) is 0.417. The Morgan fingerprint density at radius 2 is 1.91 bits per heavy atom. The number of halogens is 1. The first-order valence-electron chi connectivity index (χ1n) is 10.9. The number of nitrogens with two attached hydrogens (primary N) is 1. The van der Waals surface area contributed by atoms with E-state index < -0.39 is 12.0 Å². The number of aryl methyl sites for hydroxylation is 1. The molecule has 170 valence electrons. The van der Waals surface area contributed by atoms with Crippen molar-refractivity contribution in [1.29, 1.82) is 0 Å². The lowest BCUT2D eigenvalue weighted by molar-refractivity contribution is -0.122. The molecule has 0 saturated carbocycles. The Balaban J connectivity index is 1.29. The van der Waals surface area contributed by atoms with E-state index in [9.17, 15) is 14.0 Å². The fourth-order valence-corrected chi connectivity index (χ4v) is 4.26. The topological polar surface area (TPSA) is 87.9 Å². The van der Waals surface area contributed by atoms with Crippen LogP contribution in [0.25, 0.3) is 0 Å². The van der Waals surface area contributed by atoms with Crippen LogP contribution in [0.15, 0.2) is 30.3 Å². The number of carbonyl (C=O) groups excluding carboxylic acids is 2. The number of amides is 2. The quantitative estimate of drug-likeness (QED) is 0.720. The number of piperazine rings is 1. The molecule has 0 bridgehead atoms. The smallest absolute Gasteiger partial charge is 0.265 e. The van der Waals surface area contributed by atoms with Crippen LogP contribution in [0.2, 0.25) is 0 Å². The first kappa shape index (κ1) is 22.2. The monoisotopic (exact) mass is 440 g/mol. The second-order valence-corrected chi connectivity index (χ2v) is 8.58. The standard InChI is InChI=1S/C24H29FN4O3/c1-15-11-17(12-21-22(15)32-16(2)24(31)27-21)14-29-9-7-28(8-10-29)6-5-18-3-4-19(23(26)30)13-20(18)25/h3-4,11-13,16H,5-10,14H2,1-2H3,(H2,26,30)(H,27,31). The second kappa shape index (κ2) is 9.26. The van der Waals surface area contributed by atoms with Gasteiger partial charge in [0.15, 0.2) is 6.10 Å². The highest BCUT2D eigenvalue weighted by molar-refractivity contribution is 5.98. The molecule has 2 amide bonds. The van der Waals surface area contributed by atoms with Crippen molar-refractivity contribution in [2.45, 2.75) is 32.9 Å². The normalized spacial score (nSPS) is 19.2. The maximum absolute atomic E-state index is 14.2. The number of hydrogen-bond acceptors (Lipinski definition) is 5. The van der Waals surface area contributed by atoms with Crippen LogP contribution in [-0.4, -0.2) is 60.4 Å². The predicted molar refractivity (Wildman–Crippen MR) is 120 cm³/mol. The van der Waals surface area contributed by atoms with Gasteiger partial charge in [-0.1, -0.05) is 12.1 Å². The van der Waals surface area contributed by atoms with Gasteiger partial charge in [0.2, 0.25) is 5.91 Å². The number of primary amides is 1. The number of anilines is 1. The summed E-state index contributed by atoms with van der Waals surface area (Å²) in [6.07, 6.45) is 0.113. The lowest BCUT2D eigenvalue weighted by Gasteiger charge is -2.35. The Hall–Kier alpha value is -2.97. The molecule has 3 N–H and O–H groups in total. The number of ether oxygens (including phenoxy) is 1. The molecule has 0 spiro atoms. The molecule has 1 atom stereocenters. The van der Waals surface area contributed by atoms with Crippen LogP contribution in [0, 0.1) is 12.7 Å². The Labute approximate surface area is 187 Å². The van der Waals surface area contributed by atoms with E-state index in [0.29, 0.717) is 12.0 Å². The molecular weight excluding hydrogens is 411 g/mol. The van der Waals surface area contributed by atoms with Gasteiger partial charge in [0, 0.05) is 44.8 Å². The lowest BCUT2D eigenvalue weighted by Crippen LogP contribution is -2.46. The van der Waals surface area contributed by atoms with E-state index in [0.717, 1.165) is 61.8 Å². The van der Waals surface area contributed by atoms with E-state index in [2.05, 4.69) is 21.2 Å². The maximum Gasteiger partial charge on any atom is 0.265 e. The summed E-state index contributed by atoms with van der Waals surface area (Å²) in [5, 5.41) is 2.93. The molecule has 1 saturated heterocycles. The van der Waals surface area contributed by atoms with E-state index in [4.69, 9.17) is 10.5 Å². The van der Waals surface area contributed by atoms with Crippen molar-refractivity contribution in [2.24, 2.45) is 5.73 Å². The van der Waals surface area contributed by atoms with Crippen LogP contribution >= 0.6 is 0 Å². The molecule has 2 aromatic rings. The second-order valence-electron chi connectivity index (χ2n) is 8.58. The highest BCUT2D eigenvalue weighted by atomic mass is 19.1. The summed E-state index contributed by atoms with van der Waals surface area (Å²) in [5.41, 5.74) is 8.90. The molecule has 2 heterocycles. The molecule has 0 aliphatic carbocycles. The summed E-state index contributed by atoms with van der Waals surface area (Å²) in [4.78, 5) is 27.8. The third-order valence-electron chi connectivity index (χ3n) is 6.16. The minimum absolute atomic E-state index is 0.122. The van der Waals surface area contributed by atoms with Gasteiger partial charge in [-0.25, -0.2) is 4.39 Å². The molecule has 2 aliphatic rings. The van der Waals surface area contributed by atoms with Crippen molar-refractivity contribution in [3.63, 3.8) is 0 Å². The number of hydrogen-bond donors (Lipinski definition) is 2. The van der Waals surface area contributed by atoms with Gasteiger partial charge in [-0.05, 0) is 55.2 Å². The van der Waals surface area contributed by atoms with Gasteiger partial charge in [0.25, 0.3) is 5.91 Å². The van der Waals surface area contributed by atoms with Crippen LogP contribution in [0.5, 0.6) is 5.75 Å². The van der Waals surface area contributed by atoms with Crippen LogP contribution in [-0.2, 0) is 17.8 Å². The van der Waals surface area contributed by atoms with Crippen molar-refractivity contribution in [2.75, 3.05) is 38.0 Å². The minimum Gasteiger partial charge on any atom is -0.478 e. The largest absolute Gasteiger partial charge is 0.478 e. The van der Waals surface area contributed by atoms with Crippen LogP contribution in [0.4, 0.5) is 10.1 Å². The lowest BCUT2D eigenvalue weighted by atomic mass is 10.1. The van der Waals surface area contributed by atoms with Gasteiger partial charge in [-0.2, -0.15) is 0 Å². The van der Waals surface area contributed by atoms with E-state index in [1.54, 1.807) is 19.1 Å². The first-order valence-corrected chi connectivity index (χ1v) is 10.9. The van der Waals surface area contributed by atoms with Crippen molar-refractivity contribution in [1.82, 2.24) is 9.80 Å². The van der Waals surface area contributed by atoms with Crippen molar-refractivity contribution in [3.8, 4) is 5.75 Å². The molecule has 2 aliphatic heterocycles. The highest BCUT2D eigenvalue weighted by Crippen LogP contribution is 2.34. The fourth-order valence-electron chi connectivity index (χ4n) is 4.26. The zero-order valence-corrected chi connectivity index (χ0v) is 18.5. The van der Waals surface area contributed by atoms with Gasteiger partial charge in [0.05, 0.1) is 5.69 Å². The maximum atomic E-state index is 14.2. The molecule has 4 rings (SSSR count). The van der Waals surface area contributed by atoms with E-state index in [1.165, 1.54) is 6.07 Å². The number of fused-ring (bicyclic) bond motifs is 1. The molecule has 32 heavy (non-hydrogen) atoms. The summed E-state index contributed by atoms with van der Waals surface area (Å²) < 4.78 is 19.9. The predicted octanol–water partition coefficient (Wildman–Crippen LogP) is 2.31. The summed E-state index contributed by atoms with van der Waals surface area (Å²) in [5.74, 6) is -0.372. The molecular formula is C24H29FN4O3. The third kappa shape index (κ3) is 4.92. The Morgan fingerprint density at radius 1 is 1.19 bits per heavy atom. The van der Waals surface area contributed by atoms with Crippen LogP contribution in [0.1, 0.15) is 34.0 Å². The SMILES string of the molecule is Cc1cc(CN2CCN(CCc3ccc(C(N)=O)cc3F)CC2)cc2c1OC(C)C(=O)N2. The minimum atomic E-state index is -0.620. The van der Waals surface area contributed by atoms with Gasteiger partial charge >= 0.3 is 0 Å². The van der Waals surface area contributed by atoms with E-state index in [1.807, 2.05) is 13.0 Å². The molecule has 7 nitrogen and oxygen atoms in total. The summed E-state index contributed by atoms with van der Waals surface area (Å²) in [6.45, 7) is 8.95. The average molecular weight is 441 g/mol. The first-order chi connectivity index (χ1) is 15.3. The third-order valence-corrected chi connectivity index (χ3v) is 6.16. The van der Waals surface area contributed by atoms with Crippen molar-refractivity contribution >= 4 is 17.5 Å². The van der Waals surface area contributed by atoms with Gasteiger partial charge in [0.1, 0.15) is 11.6 Å². The van der Waals surface area contributed by atoms with Gasteiger partial charge < -0.3 is 20.7 Å². The number of carbonyl (C=O) groups is 2. The molecule has 1 fully saturated rings. The Kier molecular flexibility index (Phi) is 6.43. The number of benzene rings is 2. The number of nitrogens with zero attached hydrogens (tertiary/aromatic N) is 2. The van der Waals surface area contributed by atoms with Crippen LogP contribution < -0.4 is 15.8 Å². The zero-order valence-electron chi connectivity index (χ0n) is 18.5. The average Bonchev–Trinajstić information content (AvgIpc) is 2.75. The molecule has 8 heteroatoms.